The van der Waals surface area contributed by atoms with Crippen LogP contribution in [-0.4, -0.2) is 28.9 Å². The fourth-order valence-corrected chi connectivity index (χ4v) is 4.21. The number of hydrogen-bond donors (Lipinski definition) is 2. The van der Waals surface area contributed by atoms with Gasteiger partial charge in [-0.15, -0.1) is 0 Å². The lowest BCUT2D eigenvalue weighted by atomic mass is 9.73. The summed E-state index contributed by atoms with van der Waals surface area (Å²) < 4.78 is 5.90. The third-order valence-electron chi connectivity index (χ3n) is 5.30. The quantitative estimate of drug-likeness (QED) is 0.846. The lowest BCUT2D eigenvalue weighted by Crippen LogP contribution is -2.54. The Labute approximate surface area is 162 Å². The molecule has 0 saturated heterocycles. The topological polar surface area (TPSA) is 84.9 Å². The van der Waals surface area contributed by atoms with Crippen LogP contribution in [0.4, 0.5) is 0 Å². The molecule has 1 saturated carbocycles. The molecule has 5 nitrogen and oxygen atoms in total. The van der Waals surface area contributed by atoms with E-state index in [4.69, 9.17) is 27.1 Å². The molecule has 3 N–H and O–H groups in total. The van der Waals surface area contributed by atoms with E-state index in [1.54, 1.807) is 18.2 Å². The van der Waals surface area contributed by atoms with Gasteiger partial charge in [-0.25, -0.2) is 4.99 Å². The highest BCUT2D eigenvalue weighted by Crippen LogP contribution is 2.44. The Morgan fingerprint density at radius 2 is 2.00 bits per heavy atom. The number of rotatable bonds is 4. The summed E-state index contributed by atoms with van der Waals surface area (Å²) in [6, 6.07) is 13.7. The van der Waals surface area contributed by atoms with E-state index in [0.29, 0.717) is 30.2 Å². The number of halogens is 1. The summed E-state index contributed by atoms with van der Waals surface area (Å²) in [5.74, 6) is 0.561. The Balaban J connectivity index is 1.71. The normalized spacial score (nSPS) is 25.5. The van der Waals surface area contributed by atoms with Crippen LogP contribution in [0.25, 0.3) is 0 Å². The van der Waals surface area contributed by atoms with Gasteiger partial charge in [0, 0.05) is 10.6 Å². The van der Waals surface area contributed by atoms with Crippen LogP contribution in [0.3, 0.4) is 0 Å². The maximum Gasteiger partial charge on any atom is 0.205 e. The minimum atomic E-state index is -1.01. The smallest absolute Gasteiger partial charge is 0.205 e. The van der Waals surface area contributed by atoms with Gasteiger partial charge in [0.05, 0.1) is 6.04 Å². The average molecular weight is 385 g/mol. The molecule has 3 atom stereocenters. The summed E-state index contributed by atoms with van der Waals surface area (Å²) in [6.45, 7) is 0. The van der Waals surface area contributed by atoms with Gasteiger partial charge in [-0.2, -0.15) is 0 Å². The molecule has 2 aliphatic rings. The molecule has 1 heterocycles. The molecule has 27 heavy (non-hydrogen) atoms. The number of benzene rings is 2. The van der Waals surface area contributed by atoms with Crippen LogP contribution in [-0.2, 0) is 21.5 Å². The zero-order valence-corrected chi connectivity index (χ0v) is 15.5. The molecule has 1 aliphatic heterocycles. The van der Waals surface area contributed by atoms with Gasteiger partial charge >= 0.3 is 0 Å². The lowest BCUT2D eigenvalue weighted by Gasteiger charge is -2.42. The molecule has 6 heteroatoms. The van der Waals surface area contributed by atoms with Crippen molar-refractivity contribution in [2.24, 2.45) is 10.7 Å². The highest BCUT2D eigenvalue weighted by Gasteiger charge is 2.52. The fourth-order valence-electron chi connectivity index (χ4n) is 3.92. The van der Waals surface area contributed by atoms with Gasteiger partial charge in [0.2, 0.25) is 11.7 Å². The summed E-state index contributed by atoms with van der Waals surface area (Å²) in [7, 11) is 0. The molecule has 4 rings (SSSR count). The minimum absolute atomic E-state index is 0.0394. The Morgan fingerprint density at radius 3 is 2.74 bits per heavy atom. The Bertz CT molecular complexity index is 897. The largest absolute Gasteiger partial charge is 0.508 e. The van der Waals surface area contributed by atoms with E-state index in [1.165, 1.54) is 0 Å². The first-order chi connectivity index (χ1) is 13.0. The number of phenolic OH excluding ortho intramolecular Hbond substituents is 1. The van der Waals surface area contributed by atoms with Crippen molar-refractivity contribution < 1.29 is 14.6 Å². The van der Waals surface area contributed by atoms with Gasteiger partial charge in [0.15, 0.2) is 11.6 Å². The van der Waals surface area contributed by atoms with E-state index in [-0.39, 0.29) is 11.5 Å². The second kappa shape index (κ2) is 6.98. The van der Waals surface area contributed by atoms with E-state index < -0.39 is 17.7 Å². The van der Waals surface area contributed by atoms with E-state index in [2.05, 4.69) is 0 Å². The Morgan fingerprint density at radius 1 is 1.26 bits per heavy atom. The highest BCUT2D eigenvalue weighted by molar-refractivity contribution is 6.32. The molecular weight excluding hydrogens is 364 g/mol. The average Bonchev–Trinajstić information content (AvgIpc) is 2.64. The van der Waals surface area contributed by atoms with E-state index in [0.717, 1.165) is 17.5 Å². The number of hydrogen-bond acceptors (Lipinski definition) is 5. The molecule has 1 unspecified atom stereocenters. The second-order valence-electron chi connectivity index (χ2n) is 7.13. The fraction of sp³-hybridized carbons (Fsp3) is 0.333. The van der Waals surface area contributed by atoms with Crippen LogP contribution >= 0.6 is 11.6 Å². The van der Waals surface area contributed by atoms with Crippen molar-refractivity contribution in [1.82, 2.24) is 0 Å². The van der Waals surface area contributed by atoms with Crippen molar-refractivity contribution in [3.05, 3.63) is 64.7 Å². The van der Waals surface area contributed by atoms with E-state index >= 15 is 0 Å². The number of phenols is 1. The van der Waals surface area contributed by atoms with Crippen molar-refractivity contribution >= 4 is 23.3 Å². The maximum absolute atomic E-state index is 13.1. The first kappa shape index (κ1) is 18.0. The van der Waals surface area contributed by atoms with Crippen LogP contribution in [0.15, 0.2) is 53.5 Å². The zero-order chi connectivity index (χ0) is 19.0. The number of nitrogens with two attached hydrogens (primary N) is 1. The summed E-state index contributed by atoms with van der Waals surface area (Å²) in [5, 5.41) is 9.97. The number of ketones is 1. The van der Waals surface area contributed by atoms with Crippen LogP contribution in [0, 0.1) is 0 Å². The molecule has 0 amide bonds. The highest BCUT2D eigenvalue weighted by atomic mass is 35.5. The van der Waals surface area contributed by atoms with Crippen molar-refractivity contribution in [2.45, 2.75) is 43.4 Å². The molecule has 2 bridgehead atoms. The minimum Gasteiger partial charge on any atom is -0.508 e. The Hall–Kier alpha value is -2.37. The SMILES string of the molecule is N[C@@H](Cc1ccc(O)cc1)C1=NC2(c3ccccc3Cl)CCC[C@H](O1)C2=O. The molecule has 0 aromatic heterocycles. The predicted octanol–water partition coefficient (Wildman–Crippen LogP) is 3.36. The molecule has 1 fully saturated rings. The molecule has 1 aliphatic carbocycles. The monoisotopic (exact) mass is 384 g/mol. The van der Waals surface area contributed by atoms with Gasteiger partial charge < -0.3 is 15.6 Å². The molecule has 0 radical (unpaired) electrons. The number of fused-ring (bicyclic) bond motifs is 2. The first-order valence-corrected chi connectivity index (χ1v) is 9.46. The van der Waals surface area contributed by atoms with Gasteiger partial charge in [0.25, 0.3) is 0 Å². The molecular formula is C21H21ClN2O3. The van der Waals surface area contributed by atoms with Crippen molar-refractivity contribution in [2.75, 3.05) is 0 Å². The van der Waals surface area contributed by atoms with Crippen molar-refractivity contribution in [3.63, 3.8) is 0 Å². The molecule has 0 spiro atoms. The first-order valence-electron chi connectivity index (χ1n) is 9.09. The summed E-state index contributed by atoms with van der Waals surface area (Å²) in [4.78, 5) is 17.8. The van der Waals surface area contributed by atoms with Crippen molar-refractivity contribution in [1.29, 1.82) is 0 Å². The van der Waals surface area contributed by atoms with E-state index in [9.17, 15) is 9.90 Å². The van der Waals surface area contributed by atoms with Gasteiger partial charge in [-0.1, -0.05) is 41.9 Å². The molecule has 2 aromatic rings. The Kier molecular flexibility index (Phi) is 4.66. The van der Waals surface area contributed by atoms with Crippen LogP contribution in [0.2, 0.25) is 5.02 Å². The number of carbonyl (C=O) groups is 1. The number of carbonyl (C=O) groups excluding carboxylic acids is 1. The zero-order valence-electron chi connectivity index (χ0n) is 14.8. The number of aromatic hydroxyl groups is 1. The number of nitrogens with zero attached hydrogens (tertiary/aromatic N) is 1. The third kappa shape index (κ3) is 3.22. The van der Waals surface area contributed by atoms with Gasteiger partial charge in [-0.05, 0) is 49.4 Å². The summed E-state index contributed by atoms with van der Waals surface area (Å²) >= 11 is 6.42. The van der Waals surface area contributed by atoms with E-state index in [1.807, 2.05) is 30.3 Å². The van der Waals surface area contributed by atoms with Crippen LogP contribution in [0.1, 0.15) is 30.4 Å². The van der Waals surface area contributed by atoms with Gasteiger partial charge in [-0.3, -0.25) is 4.79 Å². The predicted molar refractivity (Wildman–Crippen MR) is 104 cm³/mol. The van der Waals surface area contributed by atoms with Crippen LogP contribution in [0.5, 0.6) is 5.75 Å². The van der Waals surface area contributed by atoms with Gasteiger partial charge in [0.1, 0.15) is 5.75 Å². The number of Topliss-reactive ketones (excluding diaryl/α,β-unsaturated/α-hetero) is 1. The maximum atomic E-state index is 13.1. The molecule has 140 valence electrons. The second-order valence-corrected chi connectivity index (χ2v) is 7.54. The third-order valence-corrected chi connectivity index (χ3v) is 5.63. The molecule has 2 aromatic carbocycles. The number of ether oxygens (including phenoxy) is 1. The standard InChI is InChI=1S/C21H21ClN2O3/c22-16-5-2-1-4-15(16)21-11-3-6-18(19(21)26)27-20(24-21)17(23)12-13-7-9-14(25)10-8-13/h1-2,4-5,7-10,17-18,25H,3,6,11-12,23H2/t17-,18-,21?/m0/s1. The van der Waals surface area contributed by atoms with Crippen LogP contribution < -0.4 is 5.73 Å². The number of aliphatic imine (C=N–C) groups is 1. The summed E-state index contributed by atoms with van der Waals surface area (Å²) in [6.07, 6.45) is 2.07. The lowest BCUT2D eigenvalue weighted by molar-refractivity contribution is -0.137. The van der Waals surface area contributed by atoms with Crippen molar-refractivity contribution in [3.8, 4) is 5.75 Å². The summed E-state index contributed by atoms with van der Waals surface area (Å²) in [5.41, 5.74) is 7.05.